The first-order valence-electron chi connectivity index (χ1n) is 8.42. The minimum Gasteiger partial charge on any atom is -0.428 e. The number of hydrogen-bond acceptors (Lipinski definition) is 5. The van der Waals surface area contributed by atoms with Crippen LogP contribution in [-0.4, -0.2) is 22.1 Å². The normalized spacial score (nSPS) is 18.8. The number of rotatable bonds is 4. The van der Waals surface area contributed by atoms with Crippen molar-refractivity contribution in [2.45, 2.75) is 39.2 Å². The molecule has 2 atom stereocenters. The van der Waals surface area contributed by atoms with Crippen LogP contribution in [0.2, 0.25) is 0 Å². The second-order valence-corrected chi connectivity index (χ2v) is 8.15. The second-order valence-electron chi connectivity index (χ2n) is 6.72. The van der Waals surface area contributed by atoms with Gasteiger partial charge in [-0.25, -0.2) is 0 Å². The summed E-state index contributed by atoms with van der Waals surface area (Å²) >= 11 is 3.30. The number of nitrogens with one attached hydrogen (secondary N) is 1. The fourth-order valence-corrected chi connectivity index (χ4v) is 4.71. The van der Waals surface area contributed by atoms with E-state index < -0.39 is 0 Å². The summed E-state index contributed by atoms with van der Waals surface area (Å²) in [6.07, 6.45) is 0.970. The molecule has 4 rings (SSSR count). The van der Waals surface area contributed by atoms with Crippen LogP contribution in [0, 0.1) is 20.8 Å². The highest BCUT2D eigenvalue weighted by Crippen LogP contribution is 2.42. The molecular weight excluding hydrogens is 461 g/mol. The Bertz CT molecular complexity index is 1000. The molecule has 1 aromatic carbocycles. The Hall–Kier alpha value is -1.74. The van der Waals surface area contributed by atoms with Crippen LogP contribution >= 0.6 is 34.3 Å². The zero-order valence-electron chi connectivity index (χ0n) is 14.7. The van der Waals surface area contributed by atoms with Crippen LogP contribution in [-0.2, 0) is 0 Å². The van der Waals surface area contributed by atoms with E-state index in [2.05, 4.69) is 27.6 Å². The molecule has 0 saturated heterocycles. The SMILES string of the molecule is Cc1nnc2sc(C(=O)NC3CC3c3ccc(OI)cc3)c(C)c2c1C. The average Bonchev–Trinajstić information content (AvgIpc) is 3.32. The lowest BCUT2D eigenvalue weighted by Gasteiger charge is -2.05. The van der Waals surface area contributed by atoms with E-state index in [-0.39, 0.29) is 11.9 Å². The summed E-state index contributed by atoms with van der Waals surface area (Å²) in [6.45, 7) is 5.98. The number of nitrogens with zero attached hydrogens (tertiary/aromatic N) is 2. The molecule has 1 fully saturated rings. The number of benzene rings is 1. The van der Waals surface area contributed by atoms with E-state index in [4.69, 9.17) is 3.07 Å². The maximum absolute atomic E-state index is 12.8. The van der Waals surface area contributed by atoms with Crippen molar-refractivity contribution in [2.75, 3.05) is 0 Å². The van der Waals surface area contributed by atoms with Crippen molar-refractivity contribution >= 4 is 50.5 Å². The number of aryl methyl sites for hydroxylation is 3. The Balaban J connectivity index is 1.52. The molecule has 2 heterocycles. The topological polar surface area (TPSA) is 64.1 Å². The number of hydrogen-bond donors (Lipinski definition) is 1. The molecule has 0 spiro atoms. The van der Waals surface area contributed by atoms with Crippen molar-refractivity contribution in [3.8, 4) is 5.75 Å². The molecule has 26 heavy (non-hydrogen) atoms. The van der Waals surface area contributed by atoms with Crippen LogP contribution in [0.15, 0.2) is 24.3 Å². The van der Waals surface area contributed by atoms with Gasteiger partial charge in [0.25, 0.3) is 5.91 Å². The largest absolute Gasteiger partial charge is 0.428 e. The van der Waals surface area contributed by atoms with E-state index in [1.807, 2.05) is 55.9 Å². The zero-order valence-corrected chi connectivity index (χ0v) is 17.6. The first-order chi connectivity index (χ1) is 12.5. The maximum atomic E-state index is 12.8. The molecule has 0 bridgehead atoms. The van der Waals surface area contributed by atoms with Crippen LogP contribution < -0.4 is 8.38 Å². The quantitative estimate of drug-likeness (QED) is 0.555. The Labute approximate surface area is 169 Å². The van der Waals surface area contributed by atoms with Crippen molar-refractivity contribution in [3.05, 3.63) is 51.5 Å². The molecule has 2 unspecified atom stereocenters. The number of amides is 1. The van der Waals surface area contributed by atoms with E-state index >= 15 is 0 Å². The molecule has 0 radical (unpaired) electrons. The summed E-state index contributed by atoms with van der Waals surface area (Å²) in [7, 11) is 0. The predicted molar refractivity (Wildman–Crippen MR) is 111 cm³/mol. The van der Waals surface area contributed by atoms with Crippen molar-refractivity contribution in [3.63, 3.8) is 0 Å². The van der Waals surface area contributed by atoms with Gasteiger partial charge in [-0.3, -0.25) is 4.79 Å². The van der Waals surface area contributed by atoms with Crippen molar-refractivity contribution in [1.82, 2.24) is 15.5 Å². The first kappa shape index (κ1) is 17.7. The molecule has 134 valence electrons. The molecule has 1 amide bonds. The van der Waals surface area contributed by atoms with E-state index in [1.54, 1.807) is 0 Å². The Morgan fingerprint density at radius 2 is 1.92 bits per heavy atom. The molecule has 5 nitrogen and oxygen atoms in total. The van der Waals surface area contributed by atoms with Crippen LogP contribution in [0.25, 0.3) is 10.2 Å². The Morgan fingerprint density at radius 3 is 2.62 bits per heavy atom. The molecule has 1 N–H and O–H groups in total. The number of thiophene rings is 1. The highest BCUT2D eigenvalue weighted by atomic mass is 127. The fourth-order valence-electron chi connectivity index (χ4n) is 3.33. The standard InChI is InChI=1S/C19H18IN3O2S/c1-9-11(3)22-23-19-16(9)10(2)17(26-19)18(24)21-15-8-14(15)12-4-6-13(25-20)7-5-12/h4-7,14-15H,8H2,1-3H3,(H,21,24). The van der Waals surface area contributed by atoms with Gasteiger partial charge in [0.2, 0.25) is 0 Å². The number of fused-ring (bicyclic) bond motifs is 1. The van der Waals surface area contributed by atoms with Gasteiger partial charge in [-0.05, 0) is 56.0 Å². The third-order valence-corrected chi connectivity index (χ3v) is 6.73. The van der Waals surface area contributed by atoms with Crippen LogP contribution in [0.4, 0.5) is 0 Å². The molecule has 2 aromatic heterocycles. The minimum absolute atomic E-state index is 0.0118. The first-order valence-corrected chi connectivity index (χ1v) is 10.1. The fraction of sp³-hybridized carbons (Fsp3) is 0.316. The summed E-state index contributed by atoms with van der Waals surface area (Å²) in [4.78, 5) is 14.4. The second kappa shape index (κ2) is 6.77. The molecular formula is C19H18IN3O2S. The third-order valence-electron chi connectivity index (χ3n) is 5.05. The lowest BCUT2D eigenvalue weighted by Crippen LogP contribution is -2.26. The molecule has 1 aliphatic rings. The van der Waals surface area contributed by atoms with Gasteiger partial charge in [-0.15, -0.1) is 16.4 Å². The minimum atomic E-state index is -0.0118. The van der Waals surface area contributed by atoms with Gasteiger partial charge in [0, 0.05) is 17.3 Å². The monoisotopic (exact) mass is 479 g/mol. The van der Waals surface area contributed by atoms with Gasteiger partial charge >= 0.3 is 0 Å². The highest BCUT2D eigenvalue weighted by molar-refractivity contribution is 14.1. The molecule has 1 saturated carbocycles. The smallest absolute Gasteiger partial charge is 0.261 e. The lowest BCUT2D eigenvalue weighted by molar-refractivity contribution is 0.0954. The van der Waals surface area contributed by atoms with Crippen molar-refractivity contribution in [2.24, 2.45) is 0 Å². The summed E-state index contributed by atoms with van der Waals surface area (Å²) in [5.41, 5.74) is 4.24. The van der Waals surface area contributed by atoms with Crippen molar-refractivity contribution < 1.29 is 7.86 Å². The van der Waals surface area contributed by atoms with Gasteiger partial charge < -0.3 is 8.38 Å². The maximum Gasteiger partial charge on any atom is 0.261 e. The van der Waals surface area contributed by atoms with Crippen LogP contribution in [0.3, 0.4) is 0 Å². The summed E-state index contributed by atoms with van der Waals surface area (Å²) in [5.74, 6) is 1.20. The zero-order chi connectivity index (χ0) is 18.4. The van der Waals surface area contributed by atoms with E-state index in [9.17, 15) is 4.79 Å². The van der Waals surface area contributed by atoms with E-state index in [1.165, 1.54) is 16.9 Å². The van der Waals surface area contributed by atoms with E-state index in [0.717, 1.165) is 44.1 Å². The number of carbonyl (C=O) groups excluding carboxylic acids is 1. The molecule has 3 aromatic rings. The van der Waals surface area contributed by atoms with Gasteiger partial charge in [-0.2, -0.15) is 5.10 Å². The summed E-state index contributed by atoms with van der Waals surface area (Å²) < 4.78 is 5.17. The third kappa shape index (κ3) is 3.07. The summed E-state index contributed by atoms with van der Waals surface area (Å²) in [6, 6.07) is 8.24. The van der Waals surface area contributed by atoms with E-state index in [0.29, 0.717) is 5.92 Å². The van der Waals surface area contributed by atoms with Gasteiger partial charge in [0.1, 0.15) is 10.6 Å². The Kier molecular flexibility index (Phi) is 4.60. The molecule has 0 aliphatic heterocycles. The van der Waals surface area contributed by atoms with Crippen LogP contribution in [0.1, 0.15) is 44.4 Å². The highest BCUT2D eigenvalue weighted by Gasteiger charge is 2.40. The van der Waals surface area contributed by atoms with Gasteiger partial charge in [-0.1, -0.05) is 12.1 Å². The number of halogens is 1. The molecule has 1 aliphatic carbocycles. The van der Waals surface area contributed by atoms with Crippen LogP contribution in [0.5, 0.6) is 5.75 Å². The Morgan fingerprint density at radius 1 is 1.19 bits per heavy atom. The number of aromatic nitrogens is 2. The van der Waals surface area contributed by atoms with Crippen molar-refractivity contribution in [1.29, 1.82) is 0 Å². The lowest BCUT2D eigenvalue weighted by atomic mass is 10.1. The molecule has 7 heteroatoms. The predicted octanol–water partition coefficient (Wildman–Crippen LogP) is 4.63. The number of carbonyl (C=O) groups is 1. The average molecular weight is 479 g/mol. The van der Waals surface area contributed by atoms with Gasteiger partial charge in [0.05, 0.1) is 10.6 Å². The van der Waals surface area contributed by atoms with Gasteiger partial charge in [0.15, 0.2) is 23.0 Å². The summed E-state index contributed by atoms with van der Waals surface area (Å²) in [5, 5.41) is 12.7.